The molecule has 1 aliphatic rings. The van der Waals surface area contributed by atoms with Crippen LogP contribution in [0.3, 0.4) is 0 Å². The zero-order chi connectivity index (χ0) is 18.9. The number of benzene rings is 1. The van der Waals surface area contributed by atoms with Crippen LogP contribution in [0.15, 0.2) is 36.4 Å². The van der Waals surface area contributed by atoms with Crippen molar-refractivity contribution in [1.29, 1.82) is 0 Å². The van der Waals surface area contributed by atoms with Crippen LogP contribution in [-0.2, 0) is 9.59 Å². The van der Waals surface area contributed by atoms with Gasteiger partial charge in [-0.1, -0.05) is 55.2 Å². The van der Waals surface area contributed by atoms with Crippen molar-refractivity contribution in [3.63, 3.8) is 0 Å². The highest BCUT2D eigenvalue weighted by Gasteiger charge is 2.32. The predicted octanol–water partition coefficient (Wildman–Crippen LogP) is 4.75. The van der Waals surface area contributed by atoms with Crippen molar-refractivity contribution >= 4 is 17.5 Å². The van der Waals surface area contributed by atoms with Gasteiger partial charge in [0.25, 0.3) is 0 Å². The van der Waals surface area contributed by atoms with Gasteiger partial charge in [-0.2, -0.15) is 0 Å². The first-order valence-corrected chi connectivity index (χ1v) is 9.51. The molecule has 0 aromatic heterocycles. The maximum Gasteiger partial charge on any atom is 0.303 e. The van der Waals surface area contributed by atoms with E-state index in [0.29, 0.717) is 24.2 Å². The molecule has 0 heterocycles. The number of hydrogen-bond donors (Lipinski definition) is 1. The molecule has 0 bridgehead atoms. The molecular formula is C22H28O4. The number of hydrogen-bond acceptors (Lipinski definition) is 3. The summed E-state index contributed by atoms with van der Waals surface area (Å²) in [5.41, 5.74) is 1.79. The summed E-state index contributed by atoms with van der Waals surface area (Å²) >= 11 is 0. The number of carboxylic acids is 1. The molecule has 4 heteroatoms. The van der Waals surface area contributed by atoms with E-state index >= 15 is 0 Å². The Bertz CT molecular complexity index is 657. The van der Waals surface area contributed by atoms with Crippen LogP contribution in [0.1, 0.15) is 67.3 Å². The van der Waals surface area contributed by atoms with E-state index in [9.17, 15) is 14.4 Å². The molecule has 1 N–H and O–H groups in total. The Morgan fingerprint density at radius 3 is 2.50 bits per heavy atom. The second-order valence-corrected chi connectivity index (χ2v) is 7.21. The summed E-state index contributed by atoms with van der Waals surface area (Å²) in [5, 5.41) is 8.63. The Labute approximate surface area is 155 Å². The molecule has 0 aliphatic heterocycles. The van der Waals surface area contributed by atoms with Crippen LogP contribution in [0.4, 0.5) is 0 Å². The van der Waals surface area contributed by atoms with Crippen LogP contribution in [0.2, 0.25) is 0 Å². The van der Waals surface area contributed by atoms with Crippen LogP contribution in [0.25, 0.3) is 0 Å². The van der Waals surface area contributed by atoms with Gasteiger partial charge >= 0.3 is 5.97 Å². The lowest BCUT2D eigenvalue weighted by atomic mass is 9.89. The van der Waals surface area contributed by atoms with Crippen LogP contribution in [0.5, 0.6) is 0 Å². The van der Waals surface area contributed by atoms with E-state index in [4.69, 9.17) is 5.11 Å². The van der Waals surface area contributed by atoms with Crippen LogP contribution >= 0.6 is 0 Å². The average molecular weight is 356 g/mol. The summed E-state index contributed by atoms with van der Waals surface area (Å²) in [6, 6.07) is 7.51. The van der Waals surface area contributed by atoms with E-state index in [0.717, 1.165) is 37.7 Å². The number of carbonyl (C=O) groups excluding carboxylic acids is 2. The fourth-order valence-electron chi connectivity index (χ4n) is 3.56. The van der Waals surface area contributed by atoms with Gasteiger partial charge in [0.2, 0.25) is 0 Å². The molecule has 0 spiro atoms. The van der Waals surface area contributed by atoms with Crippen LogP contribution in [0, 0.1) is 18.8 Å². The van der Waals surface area contributed by atoms with E-state index in [1.807, 2.05) is 37.3 Å². The Morgan fingerprint density at radius 2 is 1.81 bits per heavy atom. The first kappa shape index (κ1) is 20.1. The van der Waals surface area contributed by atoms with Gasteiger partial charge in [0.15, 0.2) is 5.78 Å². The zero-order valence-corrected chi connectivity index (χ0v) is 15.4. The minimum Gasteiger partial charge on any atom is -0.481 e. The number of carbonyl (C=O) groups is 3. The zero-order valence-electron chi connectivity index (χ0n) is 15.4. The van der Waals surface area contributed by atoms with Gasteiger partial charge in [-0.3, -0.25) is 14.4 Å². The fourth-order valence-corrected chi connectivity index (χ4v) is 3.56. The van der Waals surface area contributed by atoms with E-state index in [2.05, 4.69) is 0 Å². The smallest absolute Gasteiger partial charge is 0.303 e. The third-order valence-corrected chi connectivity index (χ3v) is 5.14. The number of unbranched alkanes of at least 4 members (excludes halogenated alkanes) is 3. The summed E-state index contributed by atoms with van der Waals surface area (Å²) < 4.78 is 0. The first-order chi connectivity index (χ1) is 12.5. The van der Waals surface area contributed by atoms with E-state index in [1.54, 1.807) is 6.08 Å². The quantitative estimate of drug-likeness (QED) is 0.373. The van der Waals surface area contributed by atoms with Gasteiger partial charge in [-0.25, -0.2) is 0 Å². The maximum absolute atomic E-state index is 12.3. The largest absolute Gasteiger partial charge is 0.481 e. The Hall–Kier alpha value is -2.23. The Balaban J connectivity index is 1.81. The van der Waals surface area contributed by atoms with Crippen molar-refractivity contribution in [2.24, 2.45) is 11.8 Å². The SMILES string of the molecule is Cc1ccc(C(=O)C=CC2CCC(=O)C2CCCCCCC(=O)O)cc1. The molecule has 0 saturated heterocycles. The molecule has 1 aromatic rings. The van der Waals surface area contributed by atoms with Crippen LogP contribution in [-0.4, -0.2) is 22.6 Å². The normalized spacial score (nSPS) is 20.0. The number of rotatable bonds is 10. The minimum absolute atomic E-state index is 0.0107. The second-order valence-electron chi connectivity index (χ2n) is 7.21. The number of Topliss-reactive ketones (excluding diaryl/α,β-unsaturated/α-hetero) is 1. The molecule has 2 unspecified atom stereocenters. The Morgan fingerprint density at radius 1 is 1.12 bits per heavy atom. The molecule has 1 fully saturated rings. The predicted molar refractivity (Wildman–Crippen MR) is 101 cm³/mol. The lowest BCUT2D eigenvalue weighted by Crippen LogP contribution is -2.13. The molecule has 2 atom stereocenters. The van der Waals surface area contributed by atoms with Crippen molar-refractivity contribution in [2.75, 3.05) is 0 Å². The van der Waals surface area contributed by atoms with Crippen molar-refractivity contribution in [1.82, 2.24) is 0 Å². The molecule has 1 saturated carbocycles. The highest BCUT2D eigenvalue weighted by Crippen LogP contribution is 2.34. The number of ketones is 2. The molecule has 1 aliphatic carbocycles. The first-order valence-electron chi connectivity index (χ1n) is 9.51. The van der Waals surface area contributed by atoms with Crippen molar-refractivity contribution in [3.05, 3.63) is 47.5 Å². The third kappa shape index (κ3) is 6.25. The topological polar surface area (TPSA) is 71.4 Å². The highest BCUT2D eigenvalue weighted by molar-refractivity contribution is 6.04. The molecule has 26 heavy (non-hydrogen) atoms. The molecule has 0 amide bonds. The summed E-state index contributed by atoms with van der Waals surface area (Å²) in [4.78, 5) is 34.9. The fraction of sp³-hybridized carbons (Fsp3) is 0.500. The number of aryl methyl sites for hydroxylation is 1. The van der Waals surface area contributed by atoms with Crippen LogP contribution < -0.4 is 0 Å². The third-order valence-electron chi connectivity index (χ3n) is 5.14. The van der Waals surface area contributed by atoms with Gasteiger partial charge in [-0.05, 0) is 38.2 Å². The van der Waals surface area contributed by atoms with E-state index in [-0.39, 0.29) is 24.0 Å². The molecule has 1 aromatic carbocycles. The van der Waals surface area contributed by atoms with Gasteiger partial charge in [0.1, 0.15) is 5.78 Å². The molecular weight excluding hydrogens is 328 g/mol. The monoisotopic (exact) mass is 356 g/mol. The molecule has 2 rings (SSSR count). The van der Waals surface area contributed by atoms with Crippen molar-refractivity contribution in [2.45, 2.75) is 58.3 Å². The summed E-state index contributed by atoms with van der Waals surface area (Å²) in [6.07, 6.45) is 9.48. The lowest BCUT2D eigenvalue weighted by Gasteiger charge is -2.14. The lowest BCUT2D eigenvalue weighted by molar-refractivity contribution is -0.137. The average Bonchev–Trinajstić information content (AvgIpc) is 2.96. The number of carboxylic acid groups (broad SMARTS) is 1. The van der Waals surface area contributed by atoms with Crippen molar-refractivity contribution in [3.8, 4) is 0 Å². The van der Waals surface area contributed by atoms with Gasteiger partial charge in [-0.15, -0.1) is 0 Å². The van der Waals surface area contributed by atoms with E-state index in [1.165, 1.54) is 0 Å². The maximum atomic E-state index is 12.3. The summed E-state index contributed by atoms with van der Waals surface area (Å²) in [6.45, 7) is 1.99. The highest BCUT2D eigenvalue weighted by atomic mass is 16.4. The summed E-state index contributed by atoms with van der Waals surface area (Å²) in [5.74, 6) is -0.309. The second kappa shape index (κ2) is 10.0. The number of allylic oxidation sites excluding steroid dienone is 2. The standard InChI is InChI=1S/C22H28O4/c1-16-8-10-18(11-9-16)20(23)14-12-17-13-15-21(24)19(17)6-4-2-3-5-7-22(25)26/h8-12,14,17,19H,2-7,13,15H2,1H3,(H,25,26). The molecule has 140 valence electrons. The Kier molecular flexibility index (Phi) is 7.76. The summed E-state index contributed by atoms with van der Waals surface area (Å²) in [7, 11) is 0. The minimum atomic E-state index is -0.751. The molecule has 0 radical (unpaired) electrons. The van der Waals surface area contributed by atoms with Crippen molar-refractivity contribution < 1.29 is 19.5 Å². The number of aliphatic carboxylic acids is 1. The van der Waals surface area contributed by atoms with Gasteiger partial charge < -0.3 is 5.11 Å². The molecule has 4 nitrogen and oxygen atoms in total. The van der Waals surface area contributed by atoms with Gasteiger partial charge in [0, 0.05) is 24.3 Å². The van der Waals surface area contributed by atoms with Gasteiger partial charge in [0.05, 0.1) is 0 Å². The van der Waals surface area contributed by atoms with E-state index < -0.39 is 5.97 Å².